The molecule has 22 heavy (non-hydrogen) atoms. The van der Waals surface area contributed by atoms with Crippen LogP contribution in [0.3, 0.4) is 0 Å². The first kappa shape index (κ1) is 13.9. The van der Waals surface area contributed by atoms with E-state index in [0.29, 0.717) is 5.75 Å². The number of anilines is 1. The zero-order valence-electron chi connectivity index (χ0n) is 12.9. The van der Waals surface area contributed by atoms with Crippen LogP contribution in [-0.2, 0) is 17.6 Å². The summed E-state index contributed by atoms with van der Waals surface area (Å²) in [5.74, 6) is 0.433. The third kappa shape index (κ3) is 2.43. The standard InChI is InChI=1S/C17H23N3O2/c21-17-14(12-18-20-7-9-22-10-8-20)11-13-3-1-5-19-6-2-4-15(17)16(13)19/h11-12,21H,1-10H2/b18-12-. The summed E-state index contributed by atoms with van der Waals surface area (Å²) in [6.07, 6.45) is 6.24. The van der Waals surface area contributed by atoms with Gasteiger partial charge in [-0.3, -0.25) is 5.01 Å². The highest BCUT2D eigenvalue weighted by Gasteiger charge is 2.27. The zero-order valence-corrected chi connectivity index (χ0v) is 12.9. The van der Waals surface area contributed by atoms with E-state index in [0.717, 1.165) is 69.8 Å². The van der Waals surface area contributed by atoms with E-state index < -0.39 is 0 Å². The van der Waals surface area contributed by atoms with Crippen LogP contribution in [-0.4, -0.2) is 55.7 Å². The van der Waals surface area contributed by atoms with E-state index in [4.69, 9.17) is 4.74 Å². The van der Waals surface area contributed by atoms with Crippen molar-refractivity contribution in [3.63, 3.8) is 0 Å². The lowest BCUT2D eigenvalue weighted by Gasteiger charge is -2.37. The number of rotatable bonds is 2. The molecule has 0 saturated carbocycles. The normalized spacial score (nSPS) is 21.3. The average molecular weight is 301 g/mol. The van der Waals surface area contributed by atoms with Gasteiger partial charge in [0.05, 0.1) is 32.5 Å². The van der Waals surface area contributed by atoms with Crippen molar-refractivity contribution in [3.05, 3.63) is 22.8 Å². The molecule has 1 fully saturated rings. The lowest BCUT2D eigenvalue weighted by Crippen LogP contribution is -2.34. The summed E-state index contributed by atoms with van der Waals surface area (Å²) in [6, 6.07) is 2.13. The molecule has 1 saturated heterocycles. The Morgan fingerprint density at radius 3 is 2.68 bits per heavy atom. The molecule has 0 atom stereocenters. The maximum absolute atomic E-state index is 10.7. The second-order valence-electron chi connectivity index (χ2n) is 6.31. The Labute approximate surface area is 131 Å². The smallest absolute Gasteiger partial charge is 0.129 e. The summed E-state index contributed by atoms with van der Waals surface area (Å²) in [4.78, 5) is 2.44. The quantitative estimate of drug-likeness (QED) is 0.846. The Hall–Kier alpha value is -1.75. The van der Waals surface area contributed by atoms with Crippen molar-refractivity contribution < 1.29 is 9.84 Å². The van der Waals surface area contributed by atoms with Gasteiger partial charge in [-0.05, 0) is 37.3 Å². The number of hydrogen-bond acceptors (Lipinski definition) is 5. The van der Waals surface area contributed by atoms with E-state index in [1.807, 2.05) is 11.2 Å². The van der Waals surface area contributed by atoms with Crippen LogP contribution in [0, 0.1) is 0 Å². The monoisotopic (exact) mass is 301 g/mol. The lowest BCUT2D eigenvalue weighted by atomic mass is 9.89. The maximum atomic E-state index is 10.7. The highest BCUT2D eigenvalue weighted by Crippen LogP contribution is 2.41. The van der Waals surface area contributed by atoms with Crippen molar-refractivity contribution in [2.24, 2.45) is 5.10 Å². The summed E-state index contributed by atoms with van der Waals surface area (Å²) >= 11 is 0. The van der Waals surface area contributed by atoms with Crippen LogP contribution < -0.4 is 4.90 Å². The Balaban J connectivity index is 1.67. The lowest BCUT2D eigenvalue weighted by molar-refractivity contribution is 0.0397. The van der Waals surface area contributed by atoms with Gasteiger partial charge in [-0.2, -0.15) is 5.10 Å². The van der Waals surface area contributed by atoms with Crippen molar-refractivity contribution in [1.82, 2.24) is 5.01 Å². The van der Waals surface area contributed by atoms with Crippen LogP contribution in [0.15, 0.2) is 11.2 Å². The molecule has 3 aliphatic rings. The molecule has 3 heterocycles. The van der Waals surface area contributed by atoms with Gasteiger partial charge in [0.2, 0.25) is 0 Å². The molecule has 0 aliphatic carbocycles. The first-order valence-corrected chi connectivity index (χ1v) is 8.32. The topological polar surface area (TPSA) is 48.3 Å². The van der Waals surface area contributed by atoms with E-state index in [1.165, 1.54) is 17.7 Å². The average Bonchev–Trinajstić information content (AvgIpc) is 2.58. The van der Waals surface area contributed by atoms with Crippen molar-refractivity contribution in [2.45, 2.75) is 25.7 Å². The number of hydrazone groups is 1. The maximum Gasteiger partial charge on any atom is 0.129 e. The predicted molar refractivity (Wildman–Crippen MR) is 86.9 cm³/mol. The number of morpholine rings is 1. The molecule has 5 nitrogen and oxygen atoms in total. The second-order valence-corrected chi connectivity index (χ2v) is 6.31. The summed E-state index contributed by atoms with van der Waals surface area (Å²) in [6.45, 7) is 5.36. The van der Waals surface area contributed by atoms with E-state index >= 15 is 0 Å². The fraction of sp³-hybridized carbons (Fsp3) is 0.588. The van der Waals surface area contributed by atoms with Gasteiger partial charge in [0.15, 0.2) is 0 Å². The van der Waals surface area contributed by atoms with Crippen LogP contribution in [0.2, 0.25) is 0 Å². The van der Waals surface area contributed by atoms with E-state index in [9.17, 15) is 5.11 Å². The van der Waals surface area contributed by atoms with Gasteiger partial charge >= 0.3 is 0 Å². The van der Waals surface area contributed by atoms with Crippen molar-refractivity contribution in [1.29, 1.82) is 0 Å². The molecule has 1 aromatic rings. The van der Waals surface area contributed by atoms with E-state index in [1.54, 1.807) is 0 Å². The number of ether oxygens (including phenoxy) is 1. The molecular formula is C17H23N3O2. The number of aryl methyl sites for hydroxylation is 1. The summed E-state index contributed by atoms with van der Waals surface area (Å²) in [5, 5.41) is 17.2. The molecular weight excluding hydrogens is 278 g/mol. The molecule has 0 aromatic heterocycles. The molecule has 0 unspecified atom stereocenters. The number of hydrogen-bond donors (Lipinski definition) is 1. The predicted octanol–water partition coefficient (Wildman–Crippen LogP) is 1.76. The second kappa shape index (κ2) is 5.80. The molecule has 1 aromatic carbocycles. The van der Waals surface area contributed by atoms with Gasteiger partial charge in [-0.1, -0.05) is 0 Å². The summed E-state index contributed by atoms with van der Waals surface area (Å²) < 4.78 is 5.34. The summed E-state index contributed by atoms with van der Waals surface area (Å²) in [5.41, 5.74) is 4.68. The minimum Gasteiger partial charge on any atom is -0.507 e. The van der Waals surface area contributed by atoms with Gasteiger partial charge in [0, 0.05) is 29.9 Å². The van der Waals surface area contributed by atoms with Gasteiger partial charge < -0.3 is 14.7 Å². The largest absolute Gasteiger partial charge is 0.507 e. The number of phenols is 1. The molecule has 118 valence electrons. The fourth-order valence-electron chi connectivity index (χ4n) is 3.78. The Morgan fingerprint density at radius 1 is 1.09 bits per heavy atom. The zero-order chi connectivity index (χ0) is 14.9. The first-order valence-electron chi connectivity index (χ1n) is 8.32. The Bertz CT molecular complexity index is 592. The molecule has 5 heteroatoms. The SMILES string of the molecule is Oc1c(/C=N\N2CCOCC2)cc2c3c1CCCN3CCC2. The van der Waals surface area contributed by atoms with Crippen LogP contribution in [0.1, 0.15) is 29.5 Å². The fourth-order valence-corrected chi connectivity index (χ4v) is 3.78. The molecule has 3 aliphatic heterocycles. The van der Waals surface area contributed by atoms with Crippen molar-refractivity contribution in [3.8, 4) is 5.75 Å². The number of aromatic hydroxyl groups is 1. The Morgan fingerprint density at radius 2 is 1.86 bits per heavy atom. The molecule has 1 N–H and O–H groups in total. The van der Waals surface area contributed by atoms with Gasteiger partial charge in [0.25, 0.3) is 0 Å². The van der Waals surface area contributed by atoms with Gasteiger partial charge in [-0.15, -0.1) is 0 Å². The van der Waals surface area contributed by atoms with E-state index in [-0.39, 0.29) is 0 Å². The van der Waals surface area contributed by atoms with Crippen molar-refractivity contribution >= 4 is 11.9 Å². The van der Waals surface area contributed by atoms with Gasteiger partial charge in [0.1, 0.15) is 5.75 Å². The first-order chi connectivity index (χ1) is 10.8. The molecule has 0 amide bonds. The third-order valence-corrected chi connectivity index (χ3v) is 4.87. The molecule has 0 bridgehead atoms. The van der Waals surface area contributed by atoms with Crippen LogP contribution in [0.5, 0.6) is 5.75 Å². The highest BCUT2D eigenvalue weighted by atomic mass is 16.5. The number of phenolic OH excluding ortho intramolecular Hbond substituents is 1. The highest BCUT2D eigenvalue weighted by molar-refractivity contribution is 5.87. The molecule has 4 rings (SSSR count). The molecule has 0 spiro atoms. The minimum atomic E-state index is 0.433. The van der Waals surface area contributed by atoms with E-state index in [2.05, 4.69) is 16.1 Å². The summed E-state index contributed by atoms with van der Waals surface area (Å²) in [7, 11) is 0. The third-order valence-electron chi connectivity index (χ3n) is 4.87. The van der Waals surface area contributed by atoms with Crippen LogP contribution >= 0.6 is 0 Å². The van der Waals surface area contributed by atoms with Crippen LogP contribution in [0.4, 0.5) is 5.69 Å². The van der Waals surface area contributed by atoms with Crippen LogP contribution in [0.25, 0.3) is 0 Å². The number of benzene rings is 1. The molecule has 0 radical (unpaired) electrons. The minimum absolute atomic E-state index is 0.433. The van der Waals surface area contributed by atoms with Gasteiger partial charge in [-0.25, -0.2) is 0 Å². The van der Waals surface area contributed by atoms with Crippen molar-refractivity contribution in [2.75, 3.05) is 44.3 Å². The Kier molecular flexibility index (Phi) is 3.66. The number of nitrogens with zero attached hydrogens (tertiary/aromatic N) is 3.